The van der Waals surface area contributed by atoms with Crippen molar-refractivity contribution >= 4 is 11.6 Å². The number of nitrogens with one attached hydrogen (secondary N) is 1. The number of hydrogen-bond donors (Lipinski definition) is 1. The average Bonchev–Trinajstić information content (AvgIpc) is 3.20. The van der Waals surface area contributed by atoms with Crippen LogP contribution in [0.15, 0.2) is 53.1 Å². The van der Waals surface area contributed by atoms with E-state index in [0.717, 1.165) is 42.2 Å². The summed E-state index contributed by atoms with van der Waals surface area (Å²) in [6.07, 6.45) is 4.60. The summed E-state index contributed by atoms with van der Waals surface area (Å²) in [5.41, 5.74) is 3.88. The fourth-order valence-corrected chi connectivity index (χ4v) is 4.39. The molecule has 1 N–H and O–H groups in total. The first-order valence-electron chi connectivity index (χ1n) is 11.4. The van der Waals surface area contributed by atoms with Crippen molar-refractivity contribution in [2.75, 3.05) is 26.1 Å². The Kier molecular flexibility index (Phi) is 7.29. The van der Waals surface area contributed by atoms with Gasteiger partial charge in [0.1, 0.15) is 5.69 Å². The van der Waals surface area contributed by atoms with Crippen LogP contribution < -0.4 is 14.8 Å². The zero-order valence-electron chi connectivity index (χ0n) is 19.5. The minimum absolute atomic E-state index is 0.0633. The lowest BCUT2D eigenvalue weighted by atomic mass is 10.0. The van der Waals surface area contributed by atoms with E-state index in [1.54, 1.807) is 14.2 Å². The van der Waals surface area contributed by atoms with Crippen molar-refractivity contribution in [1.82, 2.24) is 10.1 Å². The molecule has 0 unspecified atom stereocenters. The van der Waals surface area contributed by atoms with Crippen LogP contribution in [-0.4, -0.2) is 36.7 Å². The van der Waals surface area contributed by atoms with Gasteiger partial charge in [-0.15, -0.1) is 0 Å². The van der Waals surface area contributed by atoms with E-state index in [9.17, 15) is 4.79 Å². The first-order valence-corrected chi connectivity index (χ1v) is 11.4. The largest absolute Gasteiger partial charge is 0.493 e. The zero-order valence-corrected chi connectivity index (χ0v) is 19.5. The number of benzene rings is 2. The second kappa shape index (κ2) is 10.5. The van der Waals surface area contributed by atoms with E-state index in [2.05, 4.69) is 27.5 Å². The molecule has 0 spiro atoms. The van der Waals surface area contributed by atoms with Crippen LogP contribution in [0.1, 0.15) is 49.9 Å². The second-order valence-electron chi connectivity index (χ2n) is 8.40. The summed E-state index contributed by atoms with van der Waals surface area (Å²) in [6.45, 7) is 3.35. The van der Waals surface area contributed by atoms with E-state index in [1.165, 1.54) is 31.7 Å². The second-order valence-corrected chi connectivity index (χ2v) is 8.40. The summed E-state index contributed by atoms with van der Waals surface area (Å²) in [5, 5.41) is 7.28. The molecular weight excluding hydrogens is 418 g/mol. The van der Waals surface area contributed by atoms with Crippen molar-refractivity contribution in [3.05, 3.63) is 59.8 Å². The molecule has 0 bridgehead atoms. The molecule has 0 radical (unpaired) electrons. The van der Waals surface area contributed by atoms with Crippen LogP contribution in [0.25, 0.3) is 11.3 Å². The fraction of sp³-hybridized carbons (Fsp3) is 0.385. The Labute approximate surface area is 194 Å². The summed E-state index contributed by atoms with van der Waals surface area (Å²) in [6, 6.07) is 16.0. The standard InChI is InChI=1S/C26H31N3O4/c1-18(30)27-21-11-8-19(9-12-21)17-29-14-6-4-5-7-23(29)22-16-25(33-28-22)20-10-13-24(31-2)26(15-20)32-3/h8-13,15-16,23H,4-7,14,17H2,1-3H3,(H,27,30)/t23-/m0/s1. The van der Waals surface area contributed by atoms with Crippen LogP contribution in [0.4, 0.5) is 5.69 Å². The summed E-state index contributed by atoms with van der Waals surface area (Å²) in [4.78, 5) is 13.8. The number of methoxy groups -OCH3 is 2. The lowest BCUT2D eigenvalue weighted by molar-refractivity contribution is -0.114. The molecule has 1 aliphatic rings. The van der Waals surface area contributed by atoms with Crippen LogP contribution in [0.5, 0.6) is 11.5 Å². The maximum Gasteiger partial charge on any atom is 0.221 e. The lowest BCUT2D eigenvalue weighted by Crippen LogP contribution is -2.28. The van der Waals surface area contributed by atoms with E-state index in [0.29, 0.717) is 11.5 Å². The van der Waals surface area contributed by atoms with Crippen molar-refractivity contribution in [3.63, 3.8) is 0 Å². The Hall–Kier alpha value is -3.32. The van der Waals surface area contributed by atoms with Crippen molar-refractivity contribution < 1.29 is 18.8 Å². The van der Waals surface area contributed by atoms with Crippen molar-refractivity contribution in [3.8, 4) is 22.8 Å². The highest BCUT2D eigenvalue weighted by Crippen LogP contribution is 2.36. The number of aromatic nitrogens is 1. The smallest absolute Gasteiger partial charge is 0.221 e. The third-order valence-electron chi connectivity index (χ3n) is 6.06. The molecule has 7 heteroatoms. The van der Waals surface area contributed by atoms with Crippen LogP contribution in [0.2, 0.25) is 0 Å². The number of anilines is 1. The van der Waals surface area contributed by atoms with Crippen LogP contribution in [0, 0.1) is 0 Å². The maximum atomic E-state index is 11.3. The predicted molar refractivity (Wildman–Crippen MR) is 127 cm³/mol. The zero-order chi connectivity index (χ0) is 23.2. The highest BCUT2D eigenvalue weighted by molar-refractivity contribution is 5.88. The van der Waals surface area contributed by atoms with Gasteiger partial charge in [-0.05, 0) is 55.3 Å². The third-order valence-corrected chi connectivity index (χ3v) is 6.06. The van der Waals surface area contributed by atoms with Gasteiger partial charge in [-0.25, -0.2) is 0 Å². The first kappa shape index (κ1) is 22.9. The number of amides is 1. The molecule has 1 amide bonds. The number of carbonyl (C=O) groups excluding carboxylic acids is 1. The highest BCUT2D eigenvalue weighted by Gasteiger charge is 2.26. The van der Waals surface area contributed by atoms with Gasteiger partial charge in [0.15, 0.2) is 17.3 Å². The predicted octanol–water partition coefficient (Wildman–Crippen LogP) is 5.43. The Morgan fingerprint density at radius 1 is 1.06 bits per heavy atom. The van der Waals surface area contributed by atoms with Crippen molar-refractivity contribution in [1.29, 1.82) is 0 Å². The highest BCUT2D eigenvalue weighted by atomic mass is 16.5. The summed E-state index contributed by atoms with van der Waals surface area (Å²) in [7, 11) is 3.25. The normalized spacial score (nSPS) is 16.8. The number of carbonyl (C=O) groups is 1. The van der Waals surface area contributed by atoms with Crippen LogP contribution in [-0.2, 0) is 11.3 Å². The van der Waals surface area contributed by atoms with E-state index in [1.807, 2.05) is 36.4 Å². The Bertz CT molecular complexity index is 1080. The van der Waals surface area contributed by atoms with E-state index in [-0.39, 0.29) is 11.9 Å². The average molecular weight is 450 g/mol. The van der Waals surface area contributed by atoms with Gasteiger partial charge in [0, 0.05) is 30.8 Å². The molecule has 0 aliphatic carbocycles. The first-order chi connectivity index (χ1) is 16.1. The number of ether oxygens (including phenoxy) is 2. The monoisotopic (exact) mass is 449 g/mol. The molecule has 2 heterocycles. The van der Waals surface area contributed by atoms with Crippen LogP contribution in [0.3, 0.4) is 0 Å². The van der Waals surface area contributed by atoms with Crippen molar-refractivity contribution in [2.24, 2.45) is 0 Å². The van der Waals surface area contributed by atoms with Gasteiger partial charge in [-0.1, -0.05) is 30.1 Å². The molecular formula is C26H31N3O4. The minimum atomic E-state index is -0.0633. The van der Waals surface area contributed by atoms with Gasteiger partial charge < -0.3 is 19.3 Å². The molecule has 0 saturated carbocycles. The molecule has 1 aliphatic heterocycles. The number of likely N-dealkylation sites (tertiary alicyclic amines) is 1. The van der Waals surface area contributed by atoms with E-state index < -0.39 is 0 Å². The maximum absolute atomic E-state index is 11.3. The fourth-order valence-electron chi connectivity index (χ4n) is 4.39. The quantitative estimate of drug-likeness (QED) is 0.518. The van der Waals surface area contributed by atoms with Gasteiger partial charge >= 0.3 is 0 Å². The summed E-state index contributed by atoms with van der Waals surface area (Å²) >= 11 is 0. The minimum Gasteiger partial charge on any atom is -0.493 e. The molecule has 1 atom stereocenters. The van der Waals surface area contributed by atoms with Gasteiger partial charge in [0.05, 0.1) is 20.3 Å². The van der Waals surface area contributed by atoms with E-state index >= 15 is 0 Å². The molecule has 4 rings (SSSR count). The van der Waals surface area contributed by atoms with Gasteiger partial charge in [0.25, 0.3) is 0 Å². The Morgan fingerprint density at radius 2 is 1.85 bits per heavy atom. The molecule has 7 nitrogen and oxygen atoms in total. The van der Waals surface area contributed by atoms with Crippen molar-refractivity contribution in [2.45, 2.75) is 45.2 Å². The molecule has 33 heavy (non-hydrogen) atoms. The molecule has 3 aromatic rings. The number of nitrogens with zero attached hydrogens (tertiary/aromatic N) is 2. The van der Waals surface area contributed by atoms with Crippen LogP contribution >= 0.6 is 0 Å². The van der Waals surface area contributed by atoms with Gasteiger partial charge in [0.2, 0.25) is 5.91 Å². The molecule has 2 aromatic carbocycles. The van der Waals surface area contributed by atoms with Gasteiger partial charge in [-0.3, -0.25) is 9.69 Å². The molecule has 1 saturated heterocycles. The topological polar surface area (TPSA) is 76.8 Å². The third kappa shape index (κ3) is 5.54. The Balaban J connectivity index is 1.54. The SMILES string of the molecule is COc1ccc(-c2cc([C@@H]3CCCCCN3Cc3ccc(NC(C)=O)cc3)no2)cc1OC. The summed E-state index contributed by atoms with van der Waals surface area (Å²) in [5.74, 6) is 1.99. The number of hydrogen-bond acceptors (Lipinski definition) is 6. The molecule has 1 fully saturated rings. The van der Waals surface area contributed by atoms with Gasteiger partial charge in [-0.2, -0.15) is 0 Å². The Morgan fingerprint density at radius 3 is 2.58 bits per heavy atom. The van der Waals surface area contributed by atoms with E-state index in [4.69, 9.17) is 14.0 Å². The molecule has 1 aromatic heterocycles. The lowest BCUT2D eigenvalue weighted by Gasteiger charge is -2.28. The molecule has 174 valence electrons. The number of rotatable bonds is 7. The summed E-state index contributed by atoms with van der Waals surface area (Å²) < 4.78 is 16.5.